The monoisotopic (exact) mass is 345 g/mol. The number of nitrogens with two attached hydrogens (primary N) is 2. The zero-order valence-electron chi connectivity index (χ0n) is 14.0. The van der Waals surface area contributed by atoms with E-state index in [4.69, 9.17) is 21.1 Å². The van der Waals surface area contributed by atoms with Crippen LogP contribution in [0.15, 0.2) is 55.3 Å². The fourth-order valence-electron chi connectivity index (χ4n) is 2.75. The lowest BCUT2D eigenvalue weighted by Gasteiger charge is -2.44. The van der Waals surface area contributed by atoms with Crippen LogP contribution >= 0.6 is 0 Å². The number of amides is 1. The minimum atomic E-state index is -1.51. The highest BCUT2D eigenvalue weighted by atomic mass is 16.5. The largest absolute Gasteiger partial charge is 0.377 e. The molecule has 1 heterocycles. The number of ether oxygens (including phenoxy) is 2. The van der Waals surface area contributed by atoms with E-state index in [2.05, 4.69) is 6.58 Å². The number of hydrogen-bond donors (Lipinski definition) is 2. The highest BCUT2D eigenvalue weighted by Crippen LogP contribution is 2.30. The maximum absolute atomic E-state index is 12.4. The molecule has 0 spiro atoms. The maximum Gasteiger partial charge on any atom is 0.248 e. The van der Waals surface area contributed by atoms with Crippen LogP contribution < -0.4 is 11.6 Å². The molecular weight excluding hydrogens is 322 g/mol. The van der Waals surface area contributed by atoms with Gasteiger partial charge < -0.3 is 15.2 Å². The number of benzene rings is 1. The summed E-state index contributed by atoms with van der Waals surface area (Å²) in [6.07, 6.45) is 3.20. The summed E-state index contributed by atoms with van der Waals surface area (Å²) in [5, 5.41) is 1.14. The molecule has 25 heavy (non-hydrogen) atoms. The van der Waals surface area contributed by atoms with Crippen molar-refractivity contribution in [1.82, 2.24) is 5.01 Å². The summed E-state index contributed by atoms with van der Waals surface area (Å²) in [5.41, 5.74) is 4.98. The van der Waals surface area contributed by atoms with Crippen LogP contribution in [-0.2, 0) is 25.7 Å². The summed E-state index contributed by atoms with van der Waals surface area (Å²) in [6, 6.07) is 9.33. The number of hydrazine groups is 1. The average molecular weight is 345 g/mol. The first-order valence-corrected chi connectivity index (χ1v) is 7.92. The predicted octanol–water partition coefficient (Wildman–Crippen LogP) is 0.661. The average Bonchev–Trinajstić information content (AvgIpc) is 2.61. The van der Waals surface area contributed by atoms with E-state index < -0.39 is 17.6 Å². The zero-order valence-corrected chi connectivity index (χ0v) is 14.0. The molecule has 1 aliphatic rings. The van der Waals surface area contributed by atoms with Gasteiger partial charge in [-0.3, -0.25) is 14.6 Å². The molecule has 0 fully saturated rings. The van der Waals surface area contributed by atoms with Crippen molar-refractivity contribution in [1.29, 1.82) is 0 Å². The zero-order chi connectivity index (χ0) is 18.3. The SMILES string of the molecule is C=CCOCCC1(C(N)=O)C(OCc2ccccc2)C(=O)C=CN1N. The Hall–Kier alpha value is -2.48. The molecule has 0 aromatic heterocycles. The summed E-state index contributed by atoms with van der Waals surface area (Å²) in [4.78, 5) is 24.7. The second-order valence-corrected chi connectivity index (χ2v) is 5.70. The highest BCUT2D eigenvalue weighted by molar-refractivity contribution is 6.02. The van der Waals surface area contributed by atoms with Crippen molar-refractivity contribution in [2.75, 3.05) is 13.2 Å². The van der Waals surface area contributed by atoms with Crippen molar-refractivity contribution in [2.24, 2.45) is 11.6 Å². The first-order valence-electron chi connectivity index (χ1n) is 7.92. The van der Waals surface area contributed by atoms with Crippen LogP contribution in [0.2, 0.25) is 0 Å². The van der Waals surface area contributed by atoms with Gasteiger partial charge in [0, 0.05) is 25.3 Å². The summed E-state index contributed by atoms with van der Waals surface area (Å²) < 4.78 is 11.1. The number of carbonyl (C=O) groups excluding carboxylic acids is 2. The summed E-state index contributed by atoms with van der Waals surface area (Å²) in [6.45, 7) is 4.21. The number of nitrogens with zero attached hydrogens (tertiary/aromatic N) is 1. The molecule has 2 atom stereocenters. The predicted molar refractivity (Wildman–Crippen MR) is 92.8 cm³/mol. The highest BCUT2D eigenvalue weighted by Gasteiger charge is 2.53. The second kappa shape index (κ2) is 8.57. The number of hydrogen-bond acceptors (Lipinski definition) is 6. The Labute approximate surface area is 146 Å². The lowest BCUT2D eigenvalue weighted by molar-refractivity contribution is -0.156. The lowest BCUT2D eigenvalue weighted by atomic mass is 9.82. The van der Waals surface area contributed by atoms with E-state index in [1.807, 2.05) is 30.3 Å². The van der Waals surface area contributed by atoms with E-state index in [0.717, 1.165) is 10.6 Å². The number of carbonyl (C=O) groups is 2. The quantitative estimate of drug-likeness (QED) is 0.387. The van der Waals surface area contributed by atoms with Gasteiger partial charge in [-0.2, -0.15) is 0 Å². The van der Waals surface area contributed by atoms with Crippen molar-refractivity contribution < 1.29 is 19.1 Å². The minimum absolute atomic E-state index is 0.113. The van der Waals surface area contributed by atoms with Gasteiger partial charge in [0.05, 0.1) is 13.2 Å². The molecule has 1 aromatic rings. The first kappa shape index (κ1) is 18.9. The molecule has 7 nitrogen and oxygen atoms in total. The second-order valence-electron chi connectivity index (χ2n) is 5.70. The van der Waals surface area contributed by atoms with Gasteiger partial charge in [-0.05, 0) is 5.56 Å². The Morgan fingerprint density at radius 1 is 1.36 bits per heavy atom. The minimum Gasteiger partial charge on any atom is -0.377 e. The van der Waals surface area contributed by atoms with Crippen molar-refractivity contribution >= 4 is 11.7 Å². The molecule has 7 heteroatoms. The van der Waals surface area contributed by atoms with E-state index in [1.54, 1.807) is 6.08 Å². The van der Waals surface area contributed by atoms with Gasteiger partial charge in [-0.25, -0.2) is 5.84 Å². The third kappa shape index (κ3) is 4.14. The van der Waals surface area contributed by atoms with E-state index >= 15 is 0 Å². The normalized spacial score (nSPS) is 22.8. The Morgan fingerprint density at radius 3 is 2.72 bits per heavy atom. The molecule has 4 N–H and O–H groups in total. The van der Waals surface area contributed by atoms with Crippen LogP contribution in [-0.4, -0.2) is 41.6 Å². The van der Waals surface area contributed by atoms with Crippen molar-refractivity contribution in [3.63, 3.8) is 0 Å². The van der Waals surface area contributed by atoms with Crippen LogP contribution in [0.3, 0.4) is 0 Å². The molecule has 0 radical (unpaired) electrons. The summed E-state index contributed by atoms with van der Waals surface area (Å²) >= 11 is 0. The smallest absolute Gasteiger partial charge is 0.248 e. The van der Waals surface area contributed by atoms with Crippen LogP contribution in [0.1, 0.15) is 12.0 Å². The van der Waals surface area contributed by atoms with Crippen molar-refractivity contribution in [2.45, 2.75) is 24.7 Å². The Kier molecular flexibility index (Phi) is 6.46. The lowest BCUT2D eigenvalue weighted by Crippen LogP contribution is -2.69. The molecule has 0 saturated heterocycles. The van der Waals surface area contributed by atoms with E-state index in [9.17, 15) is 9.59 Å². The molecule has 1 amide bonds. The fourth-order valence-corrected chi connectivity index (χ4v) is 2.75. The summed E-state index contributed by atoms with van der Waals surface area (Å²) in [5.74, 6) is 4.89. The molecule has 0 saturated carbocycles. The van der Waals surface area contributed by atoms with Gasteiger partial charge in [0.1, 0.15) is 0 Å². The van der Waals surface area contributed by atoms with Crippen LogP contribution in [0.5, 0.6) is 0 Å². The molecule has 2 rings (SSSR count). The van der Waals surface area contributed by atoms with E-state index in [1.165, 1.54) is 12.3 Å². The Bertz CT molecular complexity index is 647. The van der Waals surface area contributed by atoms with E-state index in [0.29, 0.717) is 6.61 Å². The van der Waals surface area contributed by atoms with Crippen LogP contribution in [0.4, 0.5) is 0 Å². The van der Waals surface area contributed by atoms with Gasteiger partial charge >= 0.3 is 0 Å². The first-order chi connectivity index (χ1) is 12.0. The van der Waals surface area contributed by atoms with Crippen LogP contribution in [0.25, 0.3) is 0 Å². The maximum atomic E-state index is 12.4. The number of rotatable bonds is 9. The third-order valence-corrected chi connectivity index (χ3v) is 4.10. The van der Waals surface area contributed by atoms with Crippen molar-refractivity contribution in [3.8, 4) is 0 Å². The standard InChI is InChI=1S/C18H23N3O4/c1-2-11-24-12-9-18(17(19)23)16(15(22)8-10-21(18)20)25-13-14-6-4-3-5-7-14/h2-8,10,16H,1,9,11-13,20H2,(H2,19,23). The number of ketones is 1. The molecular formula is C18H23N3O4. The van der Waals surface area contributed by atoms with Crippen LogP contribution in [0, 0.1) is 0 Å². The third-order valence-electron chi connectivity index (χ3n) is 4.10. The Balaban J connectivity index is 2.23. The molecule has 2 unspecified atom stereocenters. The topological polar surface area (TPSA) is 108 Å². The summed E-state index contributed by atoms with van der Waals surface area (Å²) in [7, 11) is 0. The van der Waals surface area contributed by atoms with Gasteiger partial charge in [0.2, 0.25) is 5.91 Å². The van der Waals surface area contributed by atoms with E-state index in [-0.39, 0.29) is 25.4 Å². The molecule has 0 bridgehead atoms. The molecule has 1 aliphatic heterocycles. The molecule has 134 valence electrons. The Morgan fingerprint density at radius 2 is 2.08 bits per heavy atom. The molecule has 0 aliphatic carbocycles. The van der Waals surface area contributed by atoms with Gasteiger partial charge in [0.25, 0.3) is 0 Å². The van der Waals surface area contributed by atoms with Gasteiger partial charge in [-0.15, -0.1) is 6.58 Å². The molecule has 1 aromatic carbocycles. The number of primary amides is 1. The fraction of sp³-hybridized carbons (Fsp3) is 0.333. The van der Waals surface area contributed by atoms with Gasteiger partial charge in [0.15, 0.2) is 17.4 Å². The van der Waals surface area contributed by atoms with Crippen molar-refractivity contribution in [3.05, 3.63) is 60.8 Å². The van der Waals surface area contributed by atoms with Gasteiger partial charge in [-0.1, -0.05) is 36.4 Å².